The molecule has 1 saturated heterocycles. The second-order valence-electron chi connectivity index (χ2n) is 7.14. The minimum Gasteiger partial charge on any atom is -0.378 e. The standard InChI is InChI=1S/C23H21FN4O/c24-20-4-2-1-3-18(20)21-15-22-19(23(26-21)27-11-13-29-14-12-27)7-10-28(22)16-17-5-8-25-9-6-17/h1-10,15H,11-14,16H2. The molecule has 4 aromatic rings. The largest absolute Gasteiger partial charge is 0.378 e. The van der Waals surface area contributed by atoms with E-state index in [9.17, 15) is 4.39 Å². The van der Waals surface area contributed by atoms with Gasteiger partial charge in [0, 0.05) is 49.2 Å². The lowest BCUT2D eigenvalue weighted by atomic mass is 10.1. The third-order valence-electron chi connectivity index (χ3n) is 5.31. The number of pyridine rings is 2. The fourth-order valence-corrected chi connectivity index (χ4v) is 3.82. The highest BCUT2D eigenvalue weighted by atomic mass is 19.1. The first-order valence-corrected chi connectivity index (χ1v) is 9.76. The first-order chi connectivity index (χ1) is 14.3. The molecule has 6 heteroatoms. The van der Waals surface area contributed by atoms with E-state index in [2.05, 4.69) is 26.7 Å². The summed E-state index contributed by atoms with van der Waals surface area (Å²) in [6.07, 6.45) is 5.67. The zero-order valence-corrected chi connectivity index (χ0v) is 16.0. The molecular formula is C23H21FN4O. The number of ether oxygens (including phenoxy) is 1. The summed E-state index contributed by atoms with van der Waals surface area (Å²) < 4.78 is 22.2. The smallest absolute Gasteiger partial charge is 0.138 e. The van der Waals surface area contributed by atoms with Crippen LogP contribution in [0.5, 0.6) is 0 Å². The molecule has 29 heavy (non-hydrogen) atoms. The highest BCUT2D eigenvalue weighted by Gasteiger charge is 2.19. The monoisotopic (exact) mass is 388 g/mol. The molecule has 3 aromatic heterocycles. The Morgan fingerprint density at radius 2 is 1.79 bits per heavy atom. The second-order valence-corrected chi connectivity index (χ2v) is 7.14. The maximum atomic E-state index is 14.5. The minimum atomic E-state index is -0.264. The number of rotatable bonds is 4. The first kappa shape index (κ1) is 17.8. The van der Waals surface area contributed by atoms with Crippen molar-refractivity contribution in [1.29, 1.82) is 0 Å². The summed E-state index contributed by atoms with van der Waals surface area (Å²) in [7, 11) is 0. The van der Waals surface area contributed by atoms with E-state index in [1.54, 1.807) is 24.5 Å². The highest BCUT2D eigenvalue weighted by molar-refractivity contribution is 5.93. The number of nitrogens with zero attached hydrogens (tertiary/aromatic N) is 4. The maximum Gasteiger partial charge on any atom is 0.138 e. The Kier molecular flexibility index (Phi) is 4.69. The van der Waals surface area contributed by atoms with Gasteiger partial charge in [0.05, 0.1) is 24.4 Å². The molecule has 0 amide bonds. The van der Waals surface area contributed by atoms with Crippen LogP contribution >= 0.6 is 0 Å². The number of anilines is 1. The van der Waals surface area contributed by atoms with E-state index >= 15 is 0 Å². The molecule has 0 aliphatic carbocycles. The Bertz CT molecular complexity index is 1140. The van der Waals surface area contributed by atoms with Gasteiger partial charge in [0.25, 0.3) is 0 Å². The third kappa shape index (κ3) is 3.47. The molecule has 1 aliphatic heterocycles. The SMILES string of the molecule is Fc1ccccc1-c1cc2c(ccn2Cc2ccncc2)c(N2CCOCC2)n1. The van der Waals surface area contributed by atoms with Gasteiger partial charge >= 0.3 is 0 Å². The zero-order valence-electron chi connectivity index (χ0n) is 16.0. The Balaban J connectivity index is 1.67. The van der Waals surface area contributed by atoms with Crippen molar-refractivity contribution in [2.75, 3.05) is 31.2 Å². The van der Waals surface area contributed by atoms with E-state index in [0.29, 0.717) is 24.5 Å². The lowest BCUT2D eigenvalue weighted by molar-refractivity contribution is 0.122. The predicted octanol–water partition coefficient (Wildman–Crippen LogP) is 4.12. The average molecular weight is 388 g/mol. The van der Waals surface area contributed by atoms with E-state index in [0.717, 1.165) is 41.9 Å². The molecule has 4 heterocycles. The topological polar surface area (TPSA) is 43.2 Å². The Morgan fingerprint density at radius 1 is 1.00 bits per heavy atom. The lowest BCUT2D eigenvalue weighted by Gasteiger charge is -2.29. The van der Waals surface area contributed by atoms with Gasteiger partial charge in [0.15, 0.2) is 0 Å². The normalized spacial score (nSPS) is 14.4. The number of hydrogen-bond acceptors (Lipinski definition) is 4. The maximum absolute atomic E-state index is 14.5. The predicted molar refractivity (Wildman–Crippen MR) is 111 cm³/mol. The van der Waals surface area contributed by atoms with Gasteiger partial charge in [-0.2, -0.15) is 0 Å². The molecule has 0 saturated carbocycles. The van der Waals surface area contributed by atoms with Gasteiger partial charge in [0.1, 0.15) is 11.6 Å². The minimum absolute atomic E-state index is 0.264. The van der Waals surface area contributed by atoms with Crippen molar-refractivity contribution in [3.63, 3.8) is 0 Å². The van der Waals surface area contributed by atoms with Gasteiger partial charge in [-0.3, -0.25) is 4.98 Å². The van der Waals surface area contributed by atoms with E-state index in [4.69, 9.17) is 9.72 Å². The van der Waals surface area contributed by atoms with Crippen molar-refractivity contribution >= 4 is 16.7 Å². The van der Waals surface area contributed by atoms with Crippen molar-refractivity contribution in [2.24, 2.45) is 0 Å². The van der Waals surface area contributed by atoms with Gasteiger partial charge in [-0.05, 0) is 42.0 Å². The highest BCUT2D eigenvalue weighted by Crippen LogP contribution is 2.32. The molecule has 5 rings (SSSR count). The van der Waals surface area contributed by atoms with Crippen LogP contribution in [-0.2, 0) is 11.3 Å². The molecule has 0 unspecified atom stereocenters. The molecule has 0 bridgehead atoms. The molecule has 1 aliphatic rings. The zero-order chi connectivity index (χ0) is 19.6. The van der Waals surface area contributed by atoms with Crippen LogP contribution < -0.4 is 4.90 Å². The van der Waals surface area contributed by atoms with Crippen LogP contribution in [0.2, 0.25) is 0 Å². The van der Waals surface area contributed by atoms with Gasteiger partial charge < -0.3 is 14.2 Å². The van der Waals surface area contributed by atoms with Crippen molar-refractivity contribution < 1.29 is 9.13 Å². The number of aromatic nitrogens is 3. The van der Waals surface area contributed by atoms with Gasteiger partial charge in [0.2, 0.25) is 0 Å². The Morgan fingerprint density at radius 3 is 2.59 bits per heavy atom. The Labute approximate surface area is 168 Å². The molecule has 0 atom stereocenters. The summed E-state index contributed by atoms with van der Waals surface area (Å²) in [6.45, 7) is 3.61. The number of fused-ring (bicyclic) bond motifs is 1. The van der Waals surface area contributed by atoms with E-state index < -0.39 is 0 Å². The van der Waals surface area contributed by atoms with Gasteiger partial charge in [-0.15, -0.1) is 0 Å². The molecule has 1 aromatic carbocycles. The van der Waals surface area contributed by atoms with Crippen LogP contribution in [0.1, 0.15) is 5.56 Å². The quantitative estimate of drug-likeness (QED) is 0.527. The molecule has 0 spiro atoms. The number of hydrogen-bond donors (Lipinski definition) is 0. The number of halogens is 1. The van der Waals surface area contributed by atoms with Crippen molar-refractivity contribution in [3.05, 3.63) is 78.5 Å². The molecule has 0 N–H and O–H groups in total. The van der Waals surface area contributed by atoms with Crippen molar-refractivity contribution in [3.8, 4) is 11.3 Å². The molecule has 5 nitrogen and oxygen atoms in total. The van der Waals surface area contributed by atoms with Crippen LogP contribution in [0.4, 0.5) is 10.2 Å². The summed E-state index contributed by atoms with van der Waals surface area (Å²) >= 11 is 0. The summed E-state index contributed by atoms with van der Waals surface area (Å²) in [4.78, 5) is 11.2. The Hall–Kier alpha value is -3.25. The summed E-state index contributed by atoms with van der Waals surface area (Å²) in [6, 6.07) is 14.9. The fraction of sp³-hybridized carbons (Fsp3) is 0.217. The molecular weight excluding hydrogens is 367 g/mol. The summed E-state index contributed by atoms with van der Waals surface area (Å²) in [5.74, 6) is 0.622. The van der Waals surface area contributed by atoms with Crippen molar-refractivity contribution in [1.82, 2.24) is 14.5 Å². The molecule has 146 valence electrons. The van der Waals surface area contributed by atoms with E-state index in [1.807, 2.05) is 24.3 Å². The van der Waals surface area contributed by atoms with Crippen LogP contribution in [0, 0.1) is 5.82 Å². The summed E-state index contributed by atoms with van der Waals surface area (Å²) in [5, 5.41) is 1.07. The fourth-order valence-electron chi connectivity index (χ4n) is 3.82. The van der Waals surface area contributed by atoms with Crippen LogP contribution in [0.15, 0.2) is 67.1 Å². The number of morpholine rings is 1. The van der Waals surface area contributed by atoms with E-state index in [-0.39, 0.29) is 5.82 Å². The molecule has 0 radical (unpaired) electrons. The average Bonchev–Trinajstić information content (AvgIpc) is 3.17. The van der Waals surface area contributed by atoms with Crippen LogP contribution in [0.3, 0.4) is 0 Å². The first-order valence-electron chi connectivity index (χ1n) is 9.76. The van der Waals surface area contributed by atoms with Crippen LogP contribution in [-0.4, -0.2) is 40.8 Å². The summed E-state index contributed by atoms with van der Waals surface area (Å²) in [5.41, 5.74) is 3.36. The lowest BCUT2D eigenvalue weighted by Crippen LogP contribution is -2.36. The van der Waals surface area contributed by atoms with Crippen LogP contribution in [0.25, 0.3) is 22.2 Å². The third-order valence-corrected chi connectivity index (χ3v) is 5.31. The van der Waals surface area contributed by atoms with Gasteiger partial charge in [-0.1, -0.05) is 12.1 Å². The number of benzene rings is 1. The van der Waals surface area contributed by atoms with E-state index in [1.165, 1.54) is 6.07 Å². The van der Waals surface area contributed by atoms with Gasteiger partial charge in [-0.25, -0.2) is 9.37 Å². The second kappa shape index (κ2) is 7.64. The molecule has 1 fully saturated rings. The van der Waals surface area contributed by atoms with Crippen molar-refractivity contribution in [2.45, 2.75) is 6.54 Å².